The van der Waals surface area contributed by atoms with Crippen molar-refractivity contribution in [2.75, 3.05) is 0 Å². The van der Waals surface area contributed by atoms with Crippen LogP contribution in [0.25, 0.3) is 0 Å². The minimum Gasteiger partial charge on any atom is -0.259 e. The second kappa shape index (κ2) is 3.82. The van der Waals surface area contributed by atoms with Crippen LogP contribution in [0.15, 0.2) is 0 Å². The molecule has 13 heteroatoms. The highest BCUT2D eigenvalue weighted by Gasteiger charge is 2.73. The molecule has 0 fully saturated rings. The van der Waals surface area contributed by atoms with Crippen LogP contribution in [-0.2, 0) is 19.0 Å². The van der Waals surface area contributed by atoms with E-state index in [4.69, 9.17) is 0 Å². The van der Waals surface area contributed by atoms with E-state index in [0.717, 1.165) is 0 Å². The van der Waals surface area contributed by atoms with Gasteiger partial charge in [-0.2, -0.15) is 21.4 Å². The lowest BCUT2D eigenvalue weighted by atomic mass is 10.5. The lowest BCUT2D eigenvalue weighted by molar-refractivity contribution is -0.690. The molecule has 0 saturated carbocycles. The van der Waals surface area contributed by atoms with Crippen molar-refractivity contribution in [1.82, 2.24) is 0 Å². The molecule has 0 aromatic carbocycles. The first-order chi connectivity index (χ1) is 6.46. The van der Waals surface area contributed by atoms with E-state index in [2.05, 4.69) is 4.18 Å². The van der Waals surface area contributed by atoms with Crippen LogP contribution in [0.5, 0.6) is 0 Å². The van der Waals surface area contributed by atoms with Crippen molar-refractivity contribution in [2.45, 2.75) is 12.2 Å². The third-order valence-corrected chi connectivity index (χ3v) is 1.43. The van der Waals surface area contributed by atoms with Crippen LogP contribution in [0.2, 0.25) is 0 Å². The highest BCUT2D eigenvalue weighted by atomic mass is 32.3. The first-order valence-corrected chi connectivity index (χ1v) is 3.95. The molecular formula is C2F5NO6S. The Labute approximate surface area is 77.8 Å². The maximum Gasteiger partial charge on any atom is 0.606 e. The smallest absolute Gasteiger partial charge is 0.259 e. The molecule has 0 heterocycles. The molecule has 0 aliphatic heterocycles. The van der Waals surface area contributed by atoms with Gasteiger partial charge < -0.3 is 0 Å². The molecule has 0 radical (unpaired) electrons. The Kier molecular flexibility index (Phi) is 3.55. The van der Waals surface area contributed by atoms with Gasteiger partial charge in [0.1, 0.15) is 4.92 Å². The molecule has 0 amide bonds. The predicted molar refractivity (Wildman–Crippen MR) is 29.1 cm³/mol. The zero-order valence-electron chi connectivity index (χ0n) is 6.19. The third-order valence-electron chi connectivity index (χ3n) is 0.863. The lowest BCUT2D eigenvalue weighted by Crippen LogP contribution is -2.49. The van der Waals surface area contributed by atoms with Gasteiger partial charge in [0.05, 0.1) is 0 Å². The Bertz CT molecular complexity index is 351. The fraction of sp³-hybridized carbons (Fsp3) is 1.00. The zero-order valence-corrected chi connectivity index (χ0v) is 7.01. The first-order valence-electron chi connectivity index (χ1n) is 2.62. The van der Waals surface area contributed by atoms with Crippen LogP contribution in [0.3, 0.4) is 0 Å². The van der Waals surface area contributed by atoms with Gasteiger partial charge in [0.25, 0.3) is 0 Å². The Balaban J connectivity index is 5.09. The molecule has 0 saturated heterocycles. The van der Waals surface area contributed by atoms with Gasteiger partial charge in [-0.25, -0.2) is 0 Å². The minimum atomic E-state index is -6.09. The fourth-order valence-electron chi connectivity index (χ4n) is 0.297. The number of nitro groups is 1. The summed E-state index contributed by atoms with van der Waals surface area (Å²) < 4.78 is 82.6. The van der Waals surface area contributed by atoms with E-state index < -0.39 is 27.5 Å². The normalized spacial score (nSPS) is 13.9. The maximum absolute atomic E-state index is 12.1. The van der Waals surface area contributed by atoms with E-state index in [1.54, 1.807) is 4.39 Å². The summed E-state index contributed by atoms with van der Waals surface area (Å²) in [5.41, 5.74) is 0. The number of hydrogen-bond donors (Lipinski definition) is 0. The molecule has 90 valence electrons. The minimum absolute atomic E-state index is 1.76. The summed E-state index contributed by atoms with van der Waals surface area (Å²) in [6.45, 7) is 0. The van der Waals surface area contributed by atoms with Gasteiger partial charge in [0.15, 0.2) is 0 Å². The molecule has 15 heavy (non-hydrogen) atoms. The third kappa shape index (κ3) is 2.93. The summed E-state index contributed by atoms with van der Waals surface area (Å²) in [4.78, 5) is 6.60. The van der Waals surface area contributed by atoms with Crippen molar-refractivity contribution >= 4 is 10.4 Å². The topological polar surface area (TPSA) is 95.7 Å². The Morgan fingerprint density at radius 2 is 1.60 bits per heavy atom. The van der Waals surface area contributed by atoms with Crippen LogP contribution in [0.4, 0.5) is 22.1 Å². The van der Waals surface area contributed by atoms with E-state index in [9.17, 15) is 40.6 Å². The van der Waals surface area contributed by atoms with E-state index in [1.807, 2.05) is 0 Å². The molecule has 0 aromatic heterocycles. The number of alkyl halides is 4. The van der Waals surface area contributed by atoms with E-state index in [0.29, 0.717) is 0 Å². The molecule has 0 aliphatic carbocycles. The second-order valence-electron chi connectivity index (χ2n) is 1.87. The van der Waals surface area contributed by atoms with Gasteiger partial charge in [0, 0.05) is 0 Å². The summed E-state index contributed by atoms with van der Waals surface area (Å²) in [5.74, 6) is 0. The SMILES string of the molecule is O=[N+]([O-])C(F)(F)C(F)(F)OS(=O)(=O)OF. The quantitative estimate of drug-likeness (QED) is 0.311. The van der Waals surface area contributed by atoms with Gasteiger partial charge in [-0.1, -0.05) is 0 Å². The Hall–Kier alpha value is -1.08. The van der Waals surface area contributed by atoms with Crippen LogP contribution in [-0.4, -0.2) is 25.5 Å². The van der Waals surface area contributed by atoms with Crippen LogP contribution >= 0.6 is 0 Å². The number of hydrogen-bond acceptors (Lipinski definition) is 6. The molecule has 0 bridgehead atoms. The molecule has 0 aromatic rings. The van der Waals surface area contributed by atoms with E-state index in [-0.39, 0.29) is 0 Å². The van der Waals surface area contributed by atoms with Crippen LogP contribution < -0.4 is 0 Å². The largest absolute Gasteiger partial charge is 0.606 e. The van der Waals surface area contributed by atoms with Gasteiger partial charge in [-0.05, 0) is 8.91 Å². The van der Waals surface area contributed by atoms with Gasteiger partial charge in [0.2, 0.25) is 0 Å². The van der Waals surface area contributed by atoms with Crippen molar-refractivity contribution in [3.63, 3.8) is 0 Å². The summed E-state index contributed by atoms with van der Waals surface area (Å²) in [6.07, 6.45) is -6.08. The van der Waals surface area contributed by atoms with E-state index >= 15 is 0 Å². The highest BCUT2D eigenvalue weighted by molar-refractivity contribution is 7.81. The predicted octanol–water partition coefficient (Wildman–Crippen LogP) is 0.611. The summed E-state index contributed by atoms with van der Waals surface area (Å²) in [6, 6.07) is -6.06. The zero-order chi connectivity index (χ0) is 12.5. The Morgan fingerprint density at radius 1 is 1.20 bits per heavy atom. The van der Waals surface area contributed by atoms with Crippen LogP contribution in [0, 0.1) is 10.1 Å². The average molecular weight is 261 g/mol. The summed E-state index contributed by atoms with van der Waals surface area (Å²) in [7, 11) is -6.09. The first kappa shape index (κ1) is 13.9. The summed E-state index contributed by atoms with van der Waals surface area (Å²) >= 11 is 0. The average Bonchev–Trinajstić information content (AvgIpc) is 2.02. The highest BCUT2D eigenvalue weighted by Crippen LogP contribution is 2.37. The molecule has 7 nitrogen and oxygen atoms in total. The van der Waals surface area contributed by atoms with E-state index in [1.165, 1.54) is 0 Å². The number of rotatable bonds is 5. The maximum atomic E-state index is 12.1. The Morgan fingerprint density at radius 3 is 1.87 bits per heavy atom. The lowest BCUT2D eigenvalue weighted by Gasteiger charge is -2.16. The van der Waals surface area contributed by atoms with Gasteiger partial charge in [-0.3, -0.25) is 10.1 Å². The number of halogens is 5. The molecule has 0 atom stereocenters. The molecule has 0 unspecified atom stereocenters. The molecule has 0 spiro atoms. The summed E-state index contributed by atoms with van der Waals surface area (Å²) in [5, 5.41) is 9.41. The van der Waals surface area contributed by atoms with Crippen LogP contribution in [0.1, 0.15) is 0 Å². The molecule has 0 aliphatic rings. The van der Waals surface area contributed by atoms with Crippen molar-refractivity contribution in [3.05, 3.63) is 10.1 Å². The van der Waals surface area contributed by atoms with Crippen molar-refractivity contribution in [3.8, 4) is 0 Å². The van der Waals surface area contributed by atoms with Gasteiger partial charge >= 0.3 is 22.6 Å². The molecule has 0 N–H and O–H groups in total. The standard InChI is InChI=1S/C2F5NO6S/c3-1(4,8(9)10)2(5,6)13-15(11,12)14-7. The monoisotopic (exact) mass is 261 g/mol. The fourth-order valence-corrected chi connectivity index (χ4v) is 0.680. The van der Waals surface area contributed by atoms with Crippen molar-refractivity contribution in [1.29, 1.82) is 0 Å². The van der Waals surface area contributed by atoms with Crippen molar-refractivity contribution in [2.24, 2.45) is 0 Å². The number of nitrogens with zero attached hydrogens (tertiary/aromatic N) is 1. The molecular weight excluding hydrogens is 261 g/mol. The van der Waals surface area contributed by atoms with Gasteiger partial charge in [-0.15, -0.1) is 8.78 Å². The van der Waals surface area contributed by atoms with Crippen molar-refractivity contribution < 1.29 is 44.0 Å². The second-order valence-corrected chi connectivity index (χ2v) is 2.98. The molecule has 0 rings (SSSR count).